The van der Waals surface area contributed by atoms with Crippen LogP contribution in [0.25, 0.3) is 5.95 Å². The van der Waals surface area contributed by atoms with Crippen molar-refractivity contribution in [3.05, 3.63) is 18.7 Å². The van der Waals surface area contributed by atoms with E-state index >= 15 is 0 Å². The fourth-order valence-electron chi connectivity index (χ4n) is 2.59. The SMILES string of the molecule is CCC1CCN(c2nc(NN)nc(-n3ccnc3)n2)CC1. The number of hydrazine groups is 1. The second kappa shape index (κ2) is 6.04. The molecule has 0 saturated carbocycles. The Kier molecular flexibility index (Phi) is 3.96. The molecule has 3 rings (SSSR count). The van der Waals surface area contributed by atoms with Gasteiger partial charge in [-0.25, -0.2) is 10.8 Å². The zero-order valence-electron chi connectivity index (χ0n) is 12.1. The number of nitrogen functional groups attached to an aromatic ring is 1. The first-order chi connectivity index (χ1) is 10.3. The molecule has 1 saturated heterocycles. The van der Waals surface area contributed by atoms with Gasteiger partial charge in [0.2, 0.25) is 17.8 Å². The molecule has 8 heteroatoms. The molecule has 0 aliphatic carbocycles. The number of piperidine rings is 1. The third-order valence-electron chi connectivity index (χ3n) is 3.95. The Hall–Kier alpha value is -2.22. The van der Waals surface area contributed by atoms with Crippen molar-refractivity contribution >= 4 is 11.9 Å². The second-order valence-corrected chi connectivity index (χ2v) is 5.21. The smallest absolute Gasteiger partial charge is 0.243 e. The molecule has 3 N–H and O–H groups in total. The van der Waals surface area contributed by atoms with Crippen LogP contribution in [0.3, 0.4) is 0 Å². The summed E-state index contributed by atoms with van der Waals surface area (Å²) in [4.78, 5) is 19.4. The van der Waals surface area contributed by atoms with Crippen LogP contribution in [-0.4, -0.2) is 37.6 Å². The molecule has 21 heavy (non-hydrogen) atoms. The van der Waals surface area contributed by atoms with E-state index in [0.29, 0.717) is 17.8 Å². The Morgan fingerprint density at radius 1 is 1.24 bits per heavy atom. The molecule has 112 valence electrons. The van der Waals surface area contributed by atoms with Gasteiger partial charge in [-0.3, -0.25) is 9.99 Å². The van der Waals surface area contributed by atoms with Gasteiger partial charge < -0.3 is 4.90 Å². The minimum absolute atomic E-state index is 0.362. The van der Waals surface area contributed by atoms with Crippen LogP contribution in [0, 0.1) is 5.92 Å². The van der Waals surface area contributed by atoms with Gasteiger partial charge in [-0.15, -0.1) is 0 Å². The van der Waals surface area contributed by atoms with Gasteiger partial charge in [0.05, 0.1) is 0 Å². The van der Waals surface area contributed by atoms with Crippen LogP contribution in [0.5, 0.6) is 0 Å². The van der Waals surface area contributed by atoms with Gasteiger partial charge in [-0.05, 0) is 18.8 Å². The lowest BCUT2D eigenvalue weighted by Gasteiger charge is -2.31. The van der Waals surface area contributed by atoms with Crippen LogP contribution in [0.4, 0.5) is 11.9 Å². The maximum Gasteiger partial charge on any atom is 0.243 e. The van der Waals surface area contributed by atoms with Crippen LogP contribution in [0.15, 0.2) is 18.7 Å². The third kappa shape index (κ3) is 2.94. The number of hydrogen-bond donors (Lipinski definition) is 2. The second-order valence-electron chi connectivity index (χ2n) is 5.21. The average Bonchev–Trinajstić information content (AvgIpc) is 3.09. The molecule has 0 spiro atoms. The van der Waals surface area contributed by atoms with E-state index in [4.69, 9.17) is 5.84 Å². The van der Waals surface area contributed by atoms with Crippen molar-refractivity contribution in [3.63, 3.8) is 0 Å². The van der Waals surface area contributed by atoms with Crippen molar-refractivity contribution in [1.82, 2.24) is 24.5 Å². The Bertz CT molecular complexity index is 574. The molecule has 8 nitrogen and oxygen atoms in total. The summed E-state index contributed by atoms with van der Waals surface area (Å²) in [6.45, 7) is 4.18. The molecule has 0 bridgehead atoms. The van der Waals surface area contributed by atoms with Gasteiger partial charge in [0.1, 0.15) is 6.33 Å². The summed E-state index contributed by atoms with van der Waals surface area (Å²) in [7, 11) is 0. The third-order valence-corrected chi connectivity index (χ3v) is 3.95. The first-order valence-electron chi connectivity index (χ1n) is 7.26. The molecule has 0 amide bonds. The van der Waals surface area contributed by atoms with Crippen molar-refractivity contribution in [2.75, 3.05) is 23.4 Å². The van der Waals surface area contributed by atoms with Gasteiger partial charge in [0.25, 0.3) is 0 Å². The first kappa shape index (κ1) is 13.7. The number of anilines is 2. The Morgan fingerprint density at radius 3 is 2.62 bits per heavy atom. The molecule has 2 aromatic heterocycles. The van der Waals surface area contributed by atoms with Gasteiger partial charge >= 0.3 is 0 Å². The van der Waals surface area contributed by atoms with Gasteiger partial charge in [0.15, 0.2) is 0 Å². The number of imidazole rings is 1. The average molecular weight is 288 g/mol. The van der Waals surface area contributed by atoms with Crippen molar-refractivity contribution in [1.29, 1.82) is 0 Å². The number of aromatic nitrogens is 5. The van der Waals surface area contributed by atoms with Crippen LogP contribution in [-0.2, 0) is 0 Å². The van der Waals surface area contributed by atoms with E-state index in [1.807, 2.05) is 0 Å². The van der Waals surface area contributed by atoms with E-state index in [9.17, 15) is 0 Å². The van der Waals surface area contributed by atoms with Crippen LogP contribution >= 0.6 is 0 Å². The first-order valence-corrected chi connectivity index (χ1v) is 7.26. The topological polar surface area (TPSA) is 97.8 Å². The van der Waals surface area contributed by atoms with Crippen molar-refractivity contribution in [3.8, 4) is 5.95 Å². The fraction of sp³-hybridized carbons (Fsp3) is 0.538. The molecular formula is C13H20N8. The van der Waals surface area contributed by atoms with E-state index in [0.717, 1.165) is 19.0 Å². The molecule has 2 aromatic rings. The summed E-state index contributed by atoms with van der Waals surface area (Å²) in [5.41, 5.74) is 2.51. The minimum Gasteiger partial charge on any atom is -0.341 e. The predicted molar refractivity (Wildman–Crippen MR) is 80.0 cm³/mol. The highest BCUT2D eigenvalue weighted by Crippen LogP contribution is 2.23. The summed E-state index contributed by atoms with van der Waals surface area (Å²) in [6.07, 6.45) is 8.72. The van der Waals surface area contributed by atoms with Crippen molar-refractivity contribution < 1.29 is 0 Å². The van der Waals surface area contributed by atoms with Crippen LogP contribution < -0.4 is 16.2 Å². The maximum atomic E-state index is 5.47. The molecule has 0 atom stereocenters. The van der Waals surface area contributed by atoms with Gasteiger partial charge in [0, 0.05) is 25.5 Å². The monoisotopic (exact) mass is 288 g/mol. The summed E-state index contributed by atoms with van der Waals surface area (Å²) in [5.74, 6) is 7.82. The van der Waals surface area contributed by atoms with E-state index in [2.05, 4.69) is 37.2 Å². The standard InChI is InChI=1S/C13H20N8/c1-2-10-3-6-20(7-4-10)12-16-11(19-14)17-13(18-12)21-8-5-15-9-21/h5,8-10H,2-4,6-7,14H2,1H3,(H,16,17,18,19). The molecule has 0 radical (unpaired) electrons. The molecule has 0 unspecified atom stereocenters. The number of nitrogens with two attached hydrogens (primary N) is 1. The van der Waals surface area contributed by atoms with E-state index < -0.39 is 0 Å². The predicted octanol–water partition coefficient (Wildman–Crippen LogP) is 0.969. The van der Waals surface area contributed by atoms with Crippen molar-refractivity contribution in [2.45, 2.75) is 26.2 Å². The lowest BCUT2D eigenvalue weighted by Crippen LogP contribution is -2.35. The molecule has 0 aromatic carbocycles. The fourth-order valence-corrected chi connectivity index (χ4v) is 2.59. The van der Waals surface area contributed by atoms with Crippen molar-refractivity contribution in [2.24, 2.45) is 11.8 Å². The Balaban J connectivity index is 1.86. The number of hydrogen-bond acceptors (Lipinski definition) is 7. The Morgan fingerprint density at radius 2 is 2.00 bits per heavy atom. The van der Waals surface area contributed by atoms with E-state index in [1.165, 1.54) is 19.3 Å². The zero-order chi connectivity index (χ0) is 14.7. The zero-order valence-corrected chi connectivity index (χ0v) is 12.1. The van der Waals surface area contributed by atoms with Crippen LogP contribution in [0.2, 0.25) is 0 Å². The van der Waals surface area contributed by atoms with E-state index in [-0.39, 0.29) is 0 Å². The highest BCUT2D eigenvalue weighted by atomic mass is 15.4. The van der Waals surface area contributed by atoms with Crippen LogP contribution in [0.1, 0.15) is 26.2 Å². The largest absolute Gasteiger partial charge is 0.341 e. The minimum atomic E-state index is 0.362. The number of nitrogens with one attached hydrogen (secondary N) is 1. The molecule has 1 aliphatic rings. The maximum absolute atomic E-state index is 5.47. The summed E-state index contributed by atoms with van der Waals surface area (Å²) in [6, 6.07) is 0. The molecule has 3 heterocycles. The van der Waals surface area contributed by atoms with Gasteiger partial charge in [-0.2, -0.15) is 15.0 Å². The Labute approximate surface area is 123 Å². The highest BCUT2D eigenvalue weighted by Gasteiger charge is 2.21. The summed E-state index contributed by atoms with van der Waals surface area (Å²) in [5, 5.41) is 0. The molecular weight excluding hydrogens is 268 g/mol. The quantitative estimate of drug-likeness (QED) is 0.639. The summed E-state index contributed by atoms with van der Waals surface area (Å²) < 4.78 is 1.74. The number of rotatable bonds is 4. The lowest BCUT2D eigenvalue weighted by molar-refractivity contribution is 0.392. The highest BCUT2D eigenvalue weighted by molar-refractivity contribution is 5.39. The normalized spacial score (nSPS) is 16.2. The molecule has 1 aliphatic heterocycles. The van der Waals surface area contributed by atoms with E-state index in [1.54, 1.807) is 23.3 Å². The van der Waals surface area contributed by atoms with Gasteiger partial charge in [-0.1, -0.05) is 13.3 Å². The lowest BCUT2D eigenvalue weighted by atomic mass is 9.95. The number of nitrogens with zero attached hydrogens (tertiary/aromatic N) is 6. The summed E-state index contributed by atoms with van der Waals surface area (Å²) >= 11 is 0. The molecule has 1 fully saturated rings.